The van der Waals surface area contributed by atoms with E-state index in [0.717, 1.165) is 14.9 Å². The summed E-state index contributed by atoms with van der Waals surface area (Å²) in [7, 11) is -2.85. The van der Waals surface area contributed by atoms with E-state index in [1.54, 1.807) is 13.0 Å². The highest BCUT2D eigenvalue weighted by Gasteiger charge is 2.19. The Morgan fingerprint density at radius 3 is 2.54 bits per heavy atom. The number of halogens is 1. The molecule has 0 radical (unpaired) electrons. The van der Waals surface area contributed by atoms with Gasteiger partial charge >= 0.3 is 15.7 Å². The largest absolute Gasteiger partial charge is 0.755 e. The van der Waals surface area contributed by atoms with E-state index in [2.05, 4.69) is 15.9 Å². The van der Waals surface area contributed by atoms with E-state index in [4.69, 9.17) is 4.28 Å². The Morgan fingerprint density at radius 1 is 1.38 bits per heavy atom. The number of pyridine rings is 1. The van der Waals surface area contributed by atoms with Crippen molar-refractivity contribution in [3.05, 3.63) is 48.5 Å². The molecule has 0 aliphatic carbocycles. The molecule has 0 aliphatic heterocycles. The van der Waals surface area contributed by atoms with Gasteiger partial charge in [0.15, 0.2) is 0 Å². The maximum atomic E-state index is 12.7. The molecule has 1 atom stereocenters. The molecule has 1 unspecified atom stereocenters. The Hall–Kier alpha value is -1.47. The summed E-state index contributed by atoms with van der Waals surface area (Å²) < 4.78 is 52.4. The van der Waals surface area contributed by atoms with E-state index < -0.39 is 26.9 Å². The summed E-state index contributed by atoms with van der Waals surface area (Å²) in [6.45, 7) is 1.55. The number of hydrogen-bond acceptors (Lipinski definition) is 7. The van der Waals surface area contributed by atoms with Gasteiger partial charge in [-0.25, -0.2) is 0 Å². The fourth-order valence-electron chi connectivity index (χ4n) is 2.10. The number of aromatic nitrogens is 1. The third-order valence-corrected chi connectivity index (χ3v) is 5.76. The van der Waals surface area contributed by atoms with E-state index in [1.807, 2.05) is 12.1 Å². The maximum Gasteiger partial charge on any atom is 0.324 e. The summed E-state index contributed by atoms with van der Waals surface area (Å²) >= 11 is 2.07. The topological polar surface area (TPSA) is 109 Å². The van der Waals surface area contributed by atoms with Crippen LogP contribution in [0.1, 0.15) is 16.1 Å². The molecule has 26 heavy (non-hydrogen) atoms. The molecule has 0 amide bonds. The summed E-state index contributed by atoms with van der Waals surface area (Å²) in [5.74, 6) is 0. The Kier molecular flexibility index (Phi) is 6.45. The quantitative estimate of drug-likeness (QED) is 0.581. The van der Waals surface area contributed by atoms with Gasteiger partial charge in [-0.1, -0.05) is 0 Å². The van der Waals surface area contributed by atoms with E-state index in [9.17, 15) is 22.0 Å². The van der Waals surface area contributed by atoms with Gasteiger partial charge < -0.3 is 8.86 Å². The van der Waals surface area contributed by atoms with Gasteiger partial charge in [0.05, 0.1) is 15.7 Å². The summed E-state index contributed by atoms with van der Waals surface area (Å²) in [5, 5.41) is 0. The second-order valence-corrected chi connectivity index (χ2v) is 10.2. The van der Waals surface area contributed by atoms with Crippen molar-refractivity contribution in [2.24, 2.45) is 0 Å². The molecular weight excluding hydrogens is 468 g/mol. The van der Waals surface area contributed by atoms with Crippen LogP contribution in [0.5, 0.6) is 0 Å². The zero-order valence-electron chi connectivity index (χ0n) is 13.8. The van der Waals surface area contributed by atoms with E-state index >= 15 is 0 Å². The minimum Gasteiger partial charge on any atom is -0.755 e. The first-order valence-electron chi connectivity index (χ1n) is 6.92. The molecule has 0 aliphatic rings. The Bertz CT molecular complexity index is 1040. The van der Waals surface area contributed by atoms with Crippen LogP contribution in [0.25, 0.3) is 12.2 Å². The number of anilines is 1. The molecule has 2 heterocycles. The maximum absolute atomic E-state index is 12.7. The molecule has 0 spiro atoms. The van der Waals surface area contributed by atoms with Crippen molar-refractivity contribution in [2.75, 3.05) is 17.6 Å². The van der Waals surface area contributed by atoms with Crippen LogP contribution in [0, 0.1) is 6.92 Å². The summed E-state index contributed by atoms with van der Waals surface area (Å²) in [4.78, 5) is 13.5. The van der Waals surface area contributed by atoms with Crippen LogP contribution < -0.4 is 14.1 Å². The van der Waals surface area contributed by atoms with Crippen molar-refractivity contribution >= 4 is 66.5 Å². The van der Waals surface area contributed by atoms with Crippen molar-refractivity contribution in [1.29, 1.82) is 0 Å². The molecule has 2 aromatic rings. The van der Waals surface area contributed by atoms with Gasteiger partial charge in [0.2, 0.25) is 0 Å². The molecule has 12 heteroatoms. The van der Waals surface area contributed by atoms with Gasteiger partial charge in [0.1, 0.15) is 5.69 Å². The second kappa shape index (κ2) is 8.05. The van der Waals surface area contributed by atoms with Crippen molar-refractivity contribution in [1.82, 2.24) is 4.73 Å². The van der Waals surface area contributed by atoms with Crippen molar-refractivity contribution in [3.63, 3.8) is 0 Å². The van der Waals surface area contributed by atoms with Crippen molar-refractivity contribution < 1.29 is 21.5 Å². The van der Waals surface area contributed by atoms with Crippen LogP contribution in [-0.2, 0) is 21.4 Å². The lowest BCUT2D eigenvalue weighted by Gasteiger charge is -2.23. The highest BCUT2D eigenvalue weighted by Crippen LogP contribution is 2.24. The lowest BCUT2D eigenvalue weighted by Crippen LogP contribution is -2.37. The molecule has 0 aromatic carbocycles. The van der Waals surface area contributed by atoms with E-state index in [0.29, 0.717) is 14.6 Å². The third kappa shape index (κ3) is 5.04. The Balaban J connectivity index is 2.65. The zero-order chi connectivity index (χ0) is 19.6. The normalized spacial score (nSPS) is 13.1. The molecule has 0 saturated carbocycles. The molecule has 0 fully saturated rings. The first-order chi connectivity index (χ1) is 12.0. The lowest BCUT2D eigenvalue weighted by molar-refractivity contribution is 0.268. The number of hydrogen-bond donors (Lipinski definition) is 0. The highest BCUT2D eigenvalue weighted by atomic mass is 79.9. The molecule has 2 aromatic heterocycles. The molecule has 0 N–H and O–H groups in total. The van der Waals surface area contributed by atoms with Gasteiger partial charge in [0, 0.05) is 23.2 Å². The van der Waals surface area contributed by atoms with Crippen LogP contribution in [0.3, 0.4) is 0 Å². The summed E-state index contributed by atoms with van der Waals surface area (Å²) in [5.41, 5.74) is -0.620. The molecular formula is C14H14BrN2O6S3-. The first kappa shape index (κ1) is 20.8. The van der Waals surface area contributed by atoms with Crippen LogP contribution in [0.15, 0.2) is 26.8 Å². The second-order valence-electron chi connectivity index (χ2n) is 5.17. The standard InChI is InChI=1S/C14H15BrN2O6S3/c1-9-8-10(4-5-11-6-7-12(15)24-11)17(23-26(3,21)22)14(18)13(9)16(2)25(19)20/h4-8H,1-3H3,(H,19,20)/p-1. The minimum absolute atomic E-state index is 0.149. The number of aryl methyl sites for hydroxylation is 1. The lowest BCUT2D eigenvalue weighted by atomic mass is 10.2. The van der Waals surface area contributed by atoms with Gasteiger partial charge in [-0.2, -0.15) is 8.42 Å². The zero-order valence-corrected chi connectivity index (χ0v) is 17.9. The minimum atomic E-state index is -4.02. The number of rotatable bonds is 6. The van der Waals surface area contributed by atoms with Crippen LogP contribution >= 0.6 is 27.3 Å². The first-order valence-corrected chi connectivity index (χ1v) is 11.4. The SMILES string of the molecule is Cc1cc(C=Cc2ccc(Br)s2)n(OS(C)(=O)=O)c(=O)c1N(C)S(=O)[O-]. The monoisotopic (exact) mass is 481 g/mol. The Labute approximate surface area is 165 Å². The smallest absolute Gasteiger partial charge is 0.324 e. The number of thiophene rings is 1. The van der Waals surface area contributed by atoms with Crippen LogP contribution in [0.4, 0.5) is 5.69 Å². The predicted octanol–water partition coefficient (Wildman–Crippen LogP) is 1.77. The average Bonchev–Trinajstić information content (AvgIpc) is 2.92. The van der Waals surface area contributed by atoms with Gasteiger partial charge in [0.25, 0.3) is 0 Å². The van der Waals surface area contributed by atoms with Crippen LogP contribution in [0.2, 0.25) is 0 Å². The molecule has 142 valence electrons. The third-order valence-electron chi connectivity index (χ3n) is 3.12. The van der Waals surface area contributed by atoms with Gasteiger partial charge in [-0.05, 0) is 58.8 Å². The average molecular weight is 482 g/mol. The summed E-state index contributed by atoms with van der Waals surface area (Å²) in [6.07, 6.45) is 3.98. The van der Waals surface area contributed by atoms with E-state index in [1.165, 1.54) is 30.5 Å². The number of nitrogens with zero attached hydrogens (tertiary/aromatic N) is 2. The fraction of sp³-hybridized carbons (Fsp3) is 0.214. The highest BCUT2D eigenvalue weighted by molar-refractivity contribution is 9.11. The molecule has 8 nitrogen and oxygen atoms in total. The Morgan fingerprint density at radius 2 is 2.04 bits per heavy atom. The van der Waals surface area contributed by atoms with Gasteiger partial charge in [-0.15, -0.1) is 16.1 Å². The molecule has 0 bridgehead atoms. The van der Waals surface area contributed by atoms with Crippen molar-refractivity contribution in [3.8, 4) is 0 Å². The molecule has 2 rings (SSSR count). The predicted molar refractivity (Wildman–Crippen MR) is 105 cm³/mol. The van der Waals surface area contributed by atoms with Gasteiger partial charge in [-0.3, -0.25) is 13.3 Å². The fourth-order valence-corrected chi connectivity index (χ4v) is 4.22. The van der Waals surface area contributed by atoms with Crippen LogP contribution in [-0.4, -0.2) is 35.2 Å². The summed E-state index contributed by atoms with van der Waals surface area (Å²) in [6, 6.07) is 5.14. The molecule has 0 saturated heterocycles. The van der Waals surface area contributed by atoms with E-state index in [-0.39, 0.29) is 11.4 Å². The van der Waals surface area contributed by atoms with Crippen molar-refractivity contribution in [2.45, 2.75) is 6.92 Å².